The number of nitrogens with zero attached hydrogens (tertiary/aromatic N) is 4. The lowest BCUT2D eigenvalue weighted by Crippen LogP contribution is -2.60. The quantitative estimate of drug-likeness (QED) is 0.861. The molecule has 1 aromatic heterocycles. The van der Waals surface area contributed by atoms with Gasteiger partial charge in [-0.2, -0.15) is 0 Å². The van der Waals surface area contributed by atoms with Crippen molar-refractivity contribution in [2.75, 3.05) is 18.4 Å². The maximum Gasteiger partial charge on any atom is 0.322 e. The number of urea groups is 1. The van der Waals surface area contributed by atoms with Crippen LogP contribution in [0, 0.1) is 0 Å². The zero-order chi connectivity index (χ0) is 17.3. The van der Waals surface area contributed by atoms with Crippen LogP contribution in [-0.4, -0.2) is 44.5 Å². The van der Waals surface area contributed by atoms with E-state index in [1.54, 1.807) is 18.1 Å². The summed E-state index contributed by atoms with van der Waals surface area (Å²) < 4.78 is 15.4. The van der Waals surface area contributed by atoms with E-state index >= 15 is 0 Å². The van der Waals surface area contributed by atoms with E-state index in [9.17, 15) is 9.18 Å². The molecule has 2 heterocycles. The number of hydrogen-bond donors (Lipinski definition) is 1. The Bertz CT molecular complexity index is 740. The smallest absolute Gasteiger partial charge is 0.318 e. The Morgan fingerprint density at radius 3 is 2.83 bits per heavy atom. The Kier molecular flexibility index (Phi) is 4.49. The van der Waals surface area contributed by atoms with Crippen molar-refractivity contribution < 1.29 is 9.18 Å². The summed E-state index contributed by atoms with van der Waals surface area (Å²) in [5.41, 5.74) is 0.510. The normalized spacial score (nSPS) is 17.2. The fourth-order valence-electron chi connectivity index (χ4n) is 2.57. The third kappa shape index (κ3) is 3.69. The number of likely N-dealkylation sites (tertiary alicyclic amines) is 1. The van der Waals surface area contributed by atoms with Gasteiger partial charge in [0.1, 0.15) is 12.0 Å². The van der Waals surface area contributed by atoms with Gasteiger partial charge in [-0.3, -0.25) is 0 Å². The Hall–Kier alpha value is -2.09. The van der Waals surface area contributed by atoms with Gasteiger partial charge >= 0.3 is 6.03 Å². The lowest BCUT2D eigenvalue weighted by Gasteiger charge is -2.41. The molecular weight excluding hydrogens is 329 g/mol. The first kappa shape index (κ1) is 16.8. The second kappa shape index (κ2) is 6.43. The van der Waals surface area contributed by atoms with Crippen molar-refractivity contribution >= 4 is 23.5 Å². The van der Waals surface area contributed by atoms with Gasteiger partial charge in [-0.05, 0) is 31.5 Å². The molecule has 2 amide bonds. The van der Waals surface area contributed by atoms with E-state index in [2.05, 4.69) is 22.4 Å². The molecule has 6 nitrogen and oxygen atoms in total. The molecule has 1 N–H and O–H groups in total. The third-order valence-corrected chi connectivity index (χ3v) is 5.09. The standard InChI is InChI=1S/C16H20FN5OS/c1-11(24-15-20-18-10-21(15)3)12-5-4-6-13(7-12)19-14(23)22-8-16(2,17)9-22/h4-7,10-11H,8-9H2,1-3H3,(H,19,23). The molecule has 1 atom stereocenters. The largest absolute Gasteiger partial charge is 0.322 e. The first-order chi connectivity index (χ1) is 11.3. The van der Waals surface area contributed by atoms with Crippen molar-refractivity contribution in [1.29, 1.82) is 0 Å². The second-order valence-electron chi connectivity index (χ2n) is 6.31. The van der Waals surface area contributed by atoms with Crippen molar-refractivity contribution in [3.8, 4) is 0 Å². The van der Waals surface area contributed by atoms with Gasteiger partial charge in [-0.1, -0.05) is 23.9 Å². The summed E-state index contributed by atoms with van der Waals surface area (Å²) in [4.78, 5) is 13.5. The number of carbonyl (C=O) groups is 1. The second-order valence-corrected chi connectivity index (χ2v) is 7.62. The SMILES string of the molecule is CC(Sc1nncn1C)c1cccc(NC(=O)N2CC(C)(F)C2)c1. The van der Waals surface area contributed by atoms with Crippen LogP contribution in [-0.2, 0) is 7.05 Å². The minimum absolute atomic E-state index is 0.136. The predicted molar refractivity (Wildman–Crippen MR) is 91.8 cm³/mol. The van der Waals surface area contributed by atoms with Crippen LogP contribution >= 0.6 is 11.8 Å². The molecule has 1 aliphatic rings. The van der Waals surface area contributed by atoms with Crippen molar-refractivity contribution in [3.63, 3.8) is 0 Å². The highest BCUT2D eigenvalue weighted by molar-refractivity contribution is 7.99. The summed E-state index contributed by atoms with van der Waals surface area (Å²) in [7, 11) is 1.90. The number of nitrogens with one attached hydrogen (secondary N) is 1. The molecule has 24 heavy (non-hydrogen) atoms. The highest BCUT2D eigenvalue weighted by atomic mass is 32.2. The van der Waals surface area contributed by atoms with E-state index < -0.39 is 5.67 Å². The summed E-state index contributed by atoms with van der Waals surface area (Å²) in [6.45, 7) is 3.85. The van der Waals surface area contributed by atoms with Crippen LogP contribution in [0.2, 0.25) is 0 Å². The molecule has 3 rings (SSSR count). The van der Waals surface area contributed by atoms with Gasteiger partial charge in [0.2, 0.25) is 0 Å². The Labute approximate surface area is 144 Å². The van der Waals surface area contributed by atoms with Gasteiger partial charge in [0.15, 0.2) is 5.16 Å². The fourth-order valence-corrected chi connectivity index (χ4v) is 3.48. The van der Waals surface area contributed by atoms with Crippen molar-refractivity contribution in [2.24, 2.45) is 7.05 Å². The van der Waals surface area contributed by atoms with Gasteiger partial charge in [0, 0.05) is 18.0 Å². The van der Waals surface area contributed by atoms with E-state index in [0.717, 1.165) is 10.7 Å². The Morgan fingerprint density at radius 2 is 2.21 bits per heavy atom. The maximum atomic E-state index is 13.5. The maximum absolute atomic E-state index is 13.5. The first-order valence-corrected chi connectivity index (χ1v) is 8.57. The van der Waals surface area contributed by atoms with Gasteiger partial charge < -0.3 is 14.8 Å². The zero-order valence-corrected chi connectivity index (χ0v) is 14.7. The number of halogens is 1. The summed E-state index contributed by atoms with van der Waals surface area (Å²) >= 11 is 1.60. The molecule has 1 unspecified atom stereocenters. The Balaban J connectivity index is 1.63. The molecule has 1 aromatic carbocycles. The van der Waals surface area contributed by atoms with Crippen LogP contribution in [0.1, 0.15) is 24.7 Å². The molecule has 1 saturated heterocycles. The van der Waals surface area contributed by atoms with Gasteiger partial charge in [0.25, 0.3) is 0 Å². The zero-order valence-electron chi connectivity index (χ0n) is 13.9. The molecule has 0 saturated carbocycles. The van der Waals surface area contributed by atoms with Gasteiger partial charge in [0.05, 0.1) is 13.1 Å². The molecule has 0 aliphatic carbocycles. The lowest BCUT2D eigenvalue weighted by atomic mass is 10.00. The highest BCUT2D eigenvalue weighted by Crippen LogP contribution is 2.34. The molecule has 1 aliphatic heterocycles. The topological polar surface area (TPSA) is 63.1 Å². The average molecular weight is 349 g/mol. The first-order valence-electron chi connectivity index (χ1n) is 7.69. The lowest BCUT2D eigenvalue weighted by molar-refractivity contribution is 0.0144. The van der Waals surface area contributed by atoms with Gasteiger partial charge in [-0.15, -0.1) is 10.2 Å². The van der Waals surface area contributed by atoms with Crippen molar-refractivity contribution in [2.45, 2.75) is 29.9 Å². The summed E-state index contributed by atoms with van der Waals surface area (Å²) in [5.74, 6) is 0. The molecule has 0 bridgehead atoms. The number of alkyl halides is 1. The molecule has 1 fully saturated rings. The number of anilines is 1. The van der Waals surface area contributed by atoms with E-state index in [-0.39, 0.29) is 24.4 Å². The summed E-state index contributed by atoms with van der Waals surface area (Å²) in [6, 6.07) is 7.39. The molecule has 8 heteroatoms. The molecule has 128 valence electrons. The van der Waals surface area contributed by atoms with E-state index in [4.69, 9.17) is 0 Å². The van der Waals surface area contributed by atoms with Crippen LogP contribution < -0.4 is 5.32 Å². The summed E-state index contributed by atoms with van der Waals surface area (Å²) in [6.07, 6.45) is 1.66. The third-order valence-electron chi connectivity index (χ3n) is 3.89. The number of aryl methyl sites for hydroxylation is 1. The number of hydrogen-bond acceptors (Lipinski definition) is 4. The number of amides is 2. The van der Waals surface area contributed by atoms with Crippen LogP contribution in [0.5, 0.6) is 0 Å². The Morgan fingerprint density at radius 1 is 1.46 bits per heavy atom. The average Bonchev–Trinajstić information content (AvgIpc) is 2.90. The predicted octanol–water partition coefficient (Wildman–Crippen LogP) is 3.24. The van der Waals surface area contributed by atoms with E-state index in [1.165, 1.54) is 11.8 Å². The summed E-state index contributed by atoms with van der Waals surface area (Å²) in [5, 5.41) is 11.8. The van der Waals surface area contributed by atoms with Crippen LogP contribution in [0.4, 0.5) is 14.9 Å². The molecule has 2 aromatic rings. The van der Waals surface area contributed by atoms with E-state index in [0.29, 0.717) is 5.69 Å². The number of aromatic nitrogens is 3. The number of thioether (sulfide) groups is 1. The number of carbonyl (C=O) groups excluding carboxylic acids is 1. The fraction of sp³-hybridized carbons (Fsp3) is 0.438. The monoisotopic (exact) mass is 349 g/mol. The number of rotatable bonds is 4. The van der Waals surface area contributed by atoms with Crippen LogP contribution in [0.3, 0.4) is 0 Å². The van der Waals surface area contributed by atoms with E-state index in [1.807, 2.05) is 35.9 Å². The van der Waals surface area contributed by atoms with Crippen molar-refractivity contribution in [3.05, 3.63) is 36.2 Å². The molecule has 0 radical (unpaired) electrons. The van der Waals surface area contributed by atoms with Crippen molar-refractivity contribution in [1.82, 2.24) is 19.7 Å². The van der Waals surface area contributed by atoms with Gasteiger partial charge in [-0.25, -0.2) is 9.18 Å². The minimum atomic E-state index is -1.26. The van der Waals surface area contributed by atoms with Crippen LogP contribution in [0.15, 0.2) is 35.7 Å². The highest BCUT2D eigenvalue weighted by Gasteiger charge is 2.41. The molecular formula is C16H20FN5OS. The van der Waals surface area contributed by atoms with Crippen LogP contribution in [0.25, 0.3) is 0 Å². The molecule has 0 spiro atoms. The minimum Gasteiger partial charge on any atom is -0.318 e. The number of benzene rings is 1.